The summed E-state index contributed by atoms with van der Waals surface area (Å²) in [7, 11) is 1.54. The number of nitrogens with zero attached hydrogens (tertiary/aromatic N) is 1. The predicted octanol–water partition coefficient (Wildman–Crippen LogP) is 4.02. The van der Waals surface area contributed by atoms with Gasteiger partial charge < -0.3 is 9.88 Å². The third kappa shape index (κ3) is 12.3. The average Bonchev–Trinajstić information content (AvgIpc) is 2.72. The summed E-state index contributed by atoms with van der Waals surface area (Å²) in [6, 6.07) is 0. The lowest BCUT2D eigenvalue weighted by Gasteiger charge is -2.03. The number of nitrogens with one attached hydrogen (secondary N) is 2. The fourth-order valence-electron chi connectivity index (χ4n) is 3.33. The van der Waals surface area contributed by atoms with Crippen molar-refractivity contribution in [1.29, 1.82) is 0 Å². The van der Waals surface area contributed by atoms with E-state index in [0.29, 0.717) is 6.42 Å². The van der Waals surface area contributed by atoms with E-state index in [2.05, 4.69) is 29.1 Å². The lowest BCUT2D eigenvalue weighted by Crippen LogP contribution is -2.29. The van der Waals surface area contributed by atoms with Gasteiger partial charge in [0.25, 0.3) is 5.56 Å². The molecule has 0 aliphatic heterocycles. The van der Waals surface area contributed by atoms with Crippen LogP contribution in [0.5, 0.6) is 0 Å². The SMILES string of the molecule is CCCCCCCCCCCCCCCC(=O)NCC#Cc1cn(C)c(=O)[nH]c1=O. The maximum atomic E-state index is 11.8. The van der Waals surface area contributed by atoms with Crippen molar-refractivity contribution in [2.24, 2.45) is 7.05 Å². The quantitative estimate of drug-likeness (QED) is 0.334. The Bertz CT molecular complexity index is 783. The number of carbonyl (C=O) groups is 1. The van der Waals surface area contributed by atoms with Crippen LogP contribution < -0.4 is 16.6 Å². The molecule has 0 aliphatic carbocycles. The van der Waals surface area contributed by atoms with Crippen LogP contribution in [0.2, 0.25) is 0 Å². The fraction of sp³-hybridized carbons (Fsp3) is 0.708. The molecule has 1 heterocycles. The van der Waals surface area contributed by atoms with E-state index in [1.54, 1.807) is 7.05 Å². The van der Waals surface area contributed by atoms with E-state index in [1.807, 2.05) is 0 Å². The number of unbranched alkanes of at least 4 members (excludes halogenated alkanes) is 12. The van der Waals surface area contributed by atoms with E-state index in [-0.39, 0.29) is 18.0 Å². The van der Waals surface area contributed by atoms with E-state index in [4.69, 9.17) is 0 Å². The first-order valence-electron chi connectivity index (χ1n) is 11.6. The first-order chi connectivity index (χ1) is 14.5. The molecule has 0 atom stereocenters. The highest BCUT2D eigenvalue weighted by Crippen LogP contribution is 2.12. The maximum absolute atomic E-state index is 11.8. The van der Waals surface area contributed by atoms with Crippen molar-refractivity contribution in [2.45, 2.75) is 96.8 Å². The van der Waals surface area contributed by atoms with E-state index in [0.717, 1.165) is 12.8 Å². The molecule has 0 aromatic carbocycles. The molecule has 0 aliphatic rings. The zero-order valence-corrected chi connectivity index (χ0v) is 18.9. The highest BCUT2D eigenvalue weighted by Gasteiger charge is 2.01. The molecule has 1 amide bonds. The largest absolute Gasteiger partial charge is 0.345 e. The maximum Gasteiger partial charge on any atom is 0.328 e. The first kappa shape index (κ1) is 25.7. The molecule has 1 rings (SSSR count). The molecule has 0 saturated carbocycles. The molecule has 0 saturated heterocycles. The number of amides is 1. The molecule has 1 aromatic rings. The molecule has 6 nitrogen and oxygen atoms in total. The molecule has 0 bridgehead atoms. The number of carbonyl (C=O) groups excluding carboxylic acids is 1. The van der Waals surface area contributed by atoms with Crippen molar-refractivity contribution < 1.29 is 4.79 Å². The normalized spacial score (nSPS) is 10.5. The molecule has 1 aromatic heterocycles. The van der Waals surface area contributed by atoms with E-state index in [9.17, 15) is 14.4 Å². The van der Waals surface area contributed by atoms with Crippen molar-refractivity contribution in [3.8, 4) is 11.8 Å². The van der Waals surface area contributed by atoms with E-state index < -0.39 is 11.2 Å². The van der Waals surface area contributed by atoms with Crippen LogP contribution >= 0.6 is 0 Å². The third-order valence-electron chi connectivity index (χ3n) is 5.21. The van der Waals surface area contributed by atoms with Gasteiger partial charge in [0.15, 0.2) is 0 Å². The Morgan fingerprint density at radius 1 is 0.933 bits per heavy atom. The second kappa shape index (κ2) is 16.5. The summed E-state index contributed by atoms with van der Waals surface area (Å²) in [5, 5.41) is 2.75. The minimum atomic E-state index is -0.510. The zero-order chi connectivity index (χ0) is 22.0. The number of hydrogen-bond acceptors (Lipinski definition) is 3. The summed E-state index contributed by atoms with van der Waals surface area (Å²) < 4.78 is 1.26. The lowest BCUT2D eigenvalue weighted by molar-refractivity contribution is -0.120. The van der Waals surface area contributed by atoms with Crippen molar-refractivity contribution >= 4 is 5.91 Å². The Morgan fingerprint density at radius 3 is 2.03 bits per heavy atom. The van der Waals surface area contributed by atoms with Crippen molar-refractivity contribution in [2.75, 3.05) is 6.54 Å². The fourth-order valence-corrected chi connectivity index (χ4v) is 3.33. The number of hydrogen-bond donors (Lipinski definition) is 2. The standard InChI is InChI=1S/C24H39N3O3/c1-3-4-5-6-7-8-9-10-11-12-13-14-15-18-22(28)25-19-16-17-21-20-27(2)24(30)26-23(21)29/h20H,3-15,18-19H2,1-2H3,(H,25,28)(H,26,29,30). The number of aromatic nitrogens is 2. The van der Waals surface area contributed by atoms with Crippen molar-refractivity contribution in [3.63, 3.8) is 0 Å². The van der Waals surface area contributed by atoms with Crippen LogP contribution in [-0.2, 0) is 11.8 Å². The van der Waals surface area contributed by atoms with Gasteiger partial charge in [-0.25, -0.2) is 4.79 Å². The summed E-state index contributed by atoms with van der Waals surface area (Å²) in [6.07, 6.45) is 18.6. The Labute approximate surface area is 180 Å². The topological polar surface area (TPSA) is 84.0 Å². The molecular weight excluding hydrogens is 378 g/mol. The summed E-state index contributed by atoms with van der Waals surface area (Å²) in [5.41, 5.74) is -0.775. The van der Waals surface area contributed by atoms with Crippen molar-refractivity contribution in [1.82, 2.24) is 14.9 Å². The lowest BCUT2D eigenvalue weighted by atomic mass is 10.0. The number of aromatic amines is 1. The van der Waals surface area contributed by atoms with Gasteiger partial charge in [-0.15, -0.1) is 0 Å². The van der Waals surface area contributed by atoms with Gasteiger partial charge in [0, 0.05) is 19.7 Å². The van der Waals surface area contributed by atoms with Crippen molar-refractivity contribution in [3.05, 3.63) is 32.6 Å². The summed E-state index contributed by atoms with van der Waals surface area (Å²) in [5.74, 6) is 5.43. The van der Waals surface area contributed by atoms with Gasteiger partial charge in [-0.1, -0.05) is 95.8 Å². The summed E-state index contributed by atoms with van der Waals surface area (Å²) >= 11 is 0. The number of rotatable bonds is 15. The Balaban J connectivity index is 1.99. The Kier molecular flexibility index (Phi) is 14.2. The molecule has 0 radical (unpaired) electrons. The molecule has 0 spiro atoms. The number of aryl methyl sites for hydroxylation is 1. The molecular formula is C24H39N3O3. The molecule has 6 heteroatoms. The Morgan fingerprint density at radius 2 is 1.47 bits per heavy atom. The Hall–Kier alpha value is -2.29. The summed E-state index contributed by atoms with van der Waals surface area (Å²) in [4.78, 5) is 36.9. The molecule has 30 heavy (non-hydrogen) atoms. The molecule has 168 valence electrons. The third-order valence-corrected chi connectivity index (χ3v) is 5.21. The van der Waals surface area contributed by atoms with Crippen LogP contribution in [-0.4, -0.2) is 22.0 Å². The van der Waals surface area contributed by atoms with E-state index in [1.165, 1.54) is 81.4 Å². The van der Waals surface area contributed by atoms with Crippen LogP contribution in [0.25, 0.3) is 0 Å². The number of H-pyrrole nitrogens is 1. The first-order valence-corrected chi connectivity index (χ1v) is 11.6. The van der Waals surface area contributed by atoms with Crippen LogP contribution in [0, 0.1) is 11.8 Å². The second-order valence-corrected chi connectivity index (χ2v) is 7.98. The van der Waals surface area contributed by atoms with Crippen LogP contribution in [0.1, 0.15) is 102 Å². The van der Waals surface area contributed by atoms with Crippen LogP contribution in [0.15, 0.2) is 15.8 Å². The van der Waals surface area contributed by atoms with Crippen LogP contribution in [0.3, 0.4) is 0 Å². The monoisotopic (exact) mass is 417 g/mol. The van der Waals surface area contributed by atoms with Gasteiger partial charge >= 0.3 is 5.69 Å². The summed E-state index contributed by atoms with van der Waals surface area (Å²) in [6.45, 7) is 2.45. The molecule has 2 N–H and O–H groups in total. The predicted molar refractivity (Wildman–Crippen MR) is 123 cm³/mol. The minimum Gasteiger partial charge on any atom is -0.345 e. The van der Waals surface area contributed by atoms with E-state index >= 15 is 0 Å². The van der Waals surface area contributed by atoms with Gasteiger partial charge in [-0.3, -0.25) is 14.6 Å². The molecule has 0 fully saturated rings. The smallest absolute Gasteiger partial charge is 0.328 e. The van der Waals surface area contributed by atoms with Gasteiger partial charge in [-0.05, 0) is 6.42 Å². The average molecular weight is 418 g/mol. The minimum absolute atomic E-state index is 0.0123. The highest BCUT2D eigenvalue weighted by atomic mass is 16.2. The highest BCUT2D eigenvalue weighted by molar-refractivity contribution is 5.76. The second-order valence-electron chi connectivity index (χ2n) is 7.98. The van der Waals surface area contributed by atoms with Gasteiger partial charge in [0.2, 0.25) is 5.91 Å². The van der Waals surface area contributed by atoms with Gasteiger partial charge in [0.1, 0.15) is 5.56 Å². The van der Waals surface area contributed by atoms with Crippen LogP contribution in [0.4, 0.5) is 0 Å². The van der Waals surface area contributed by atoms with Gasteiger partial charge in [0.05, 0.1) is 6.54 Å². The zero-order valence-electron chi connectivity index (χ0n) is 18.9. The molecule has 0 unspecified atom stereocenters. The van der Waals surface area contributed by atoms with Gasteiger partial charge in [-0.2, -0.15) is 0 Å².